The summed E-state index contributed by atoms with van der Waals surface area (Å²) in [5.41, 5.74) is 2.83. The first kappa shape index (κ1) is 15.2. The average Bonchev–Trinajstić information content (AvgIpc) is 2.99. The van der Waals surface area contributed by atoms with Crippen LogP contribution in [0, 0.1) is 6.92 Å². The highest BCUT2D eigenvalue weighted by Gasteiger charge is 2.17. The number of nitrogens with one attached hydrogen (secondary N) is 1. The van der Waals surface area contributed by atoms with Crippen molar-refractivity contribution in [3.05, 3.63) is 65.4 Å². The first-order valence-corrected chi connectivity index (χ1v) is 7.52. The highest BCUT2D eigenvalue weighted by Crippen LogP contribution is 2.28. The lowest BCUT2D eigenvalue weighted by atomic mass is 10.1. The maximum Gasteiger partial charge on any atom is 0.287 e. The van der Waals surface area contributed by atoms with E-state index < -0.39 is 0 Å². The minimum atomic E-state index is -0.240. The number of para-hydroxylation sites is 1. The van der Waals surface area contributed by atoms with Crippen molar-refractivity contribution < 1.29 is 13.9 Å². The minimum absolute atomic E-state index is 0.0989. The van der Waals surface area contributed by atoms with Gasteiger partial charge in [0.2, 0.25) is 0 Å². The smallest absolute Gasteiger partial charge is 0.287 e. The van der Waals surface area contributed by atoms with Gasteiger partial charge in [0.15, 0.2) is 17.1 Å². The second-order valence-corrected chi connectivity index (χ2v) is 5.60. The highest BCUT2D eigenvalue weighted by atomic mass is 16.5. The average molecular weight is 309 g/mol. The van der Waals surface area contributed by atoms with Crippen molar-refractivity contribution in [1.82, 2.24) is 5.32 Å². The van der Waals surface area contributed by atoms with Gasteiger partial charge >= 0.3 is 0 Å². The van der Waals surface area contributed by atoms with Crippen LogP contribution in [-0.4, -0.2) is 13.0 Å². The molecule has 0 aliphatic rings. The van der Waals surface area contributed by atoms with Gasteiger partial charge in [0, 0.05) is 5.39 Å². The molecule has 1 heterocycles. The number of furan rings is 1. The van der Waals surface area contributed by atoms with E-state index in [1.807, 2.05) is 56.3 Å². The lowest BCUT2D eigenvalue weighted by molar-refractivity contribution is 0.0914. The van der Waals surface area contributed by atoms with Crippen LogP contribution in [0.5, 0.6) is 5.75 Å². The van der Waals surface area contributed by atoms with E-state index in [-0.39, 0.29) is 17.7 Å². The third kappa shape index (κ3) is 3.06. The summed E-state index contributed by atoms with van der Waals surface area (Å²) >= 11 is 0. The molecule has 0 bridgehead atoms. The molecule has 3 rings (SSSR count). The summed E-state index contributed by atoms with van der Waals surface area (Å²) in [7, 11) is 1.58. The summed E-state index contributed by atoms with van der Waals surface area (Å²) in [4.78, 5) is 12.4. The Balaban J connectivity index is 1.81. The van der Waals surface area contributed by atoms with Crippen LogP contribution < -0.4 is 10.1 Å². The van der Waals surface area contributed by atoms with Crippen molar-refractivity contribution >= 4 is 16.9 Å². The van der Waals surface area contributed by atoms with Gasteiger partial charge in [0.1, 0.15) is 0 Å². The van der Waals surface area contributed by atoms with Crippen LogP contribution in [-0.2, 0) is 0 Å². The van der Waals surface area contributed by atoms with Crippen LogP contribution >= 0.6 is 0 Å². The van der Waals surface area contributed by atoms with E-state index in [4.69, 9.17) is 9.15 Å². The quantitative estimate of drug-likeness (QED) is 0.784. The number of amides is 1. The maximum atomic E-state index is 12.4. The highest BCUT2D eigenvalue weighted by molar-refractivity contribution is 5.97. The fourth-order valence-corrected chi connectivity index (χ4v) is 2.52. The Kier molecular flexibility index (Phi) is 4.06. The molecule has 118 valence electrons. The molecule has 1 atom stereocenters. The monoisotopic (exact) mass is 309 g/mol. The fraction of sp³-hybridized carbons (Fsp3) is 0.211. The normalized spacial score (nSPS) is 12.1. The molecule has 23 heavy (non-hydrogen) atoms. The van der Waals surface area contributed by atoms with Crippen molar-refractivity contribution in [3.63, 3.8) is 0 Å². The van der Waals surface area contributed by atoms with Crippen LogP contribution in [0.4, 0.5) is 0 Å². The van der Waals surface area contributed by atoms with Gasteiger partial charge in [-0.3, -0.25) is 4.79 Å². The molecule has 1 unspecified atom stereocenters. The van der Waals surface area contributed by atoms with Crippen molar-refractivity contribution in [2.75, 3.05) is 7.11 Å². The molecule has 4 nitrogen and oxygen atoms in total. The number of fused-ring (bicyclic) bond motifs is 1. The summed E-state index contributed by atoms with van der Waals surface area (Å²) < 4.78 is 10.9. The topological polar surface area (TPSA) is 51.5 Å². The maximum absolute atomic E-state index is 12.4. The van der Waals surface area contributed by atoms with E-state index in [9.17, 15) is 4.79 Å². The fourth-order valence-electron chi connectivity index (χ4n) is 2.52. The van der Waals surface area contributed by atoms with Gasteiger partial charge in [-0.2, -0.15) is 0 Å². The predicted molar refractivity (Wildman–Crippen MR) is 89.8 cm³/mol. The zero-order chi connectivity index (χ0) is 16.4. The third-order valence-corrected chi connectivity index (χ3v) is 3.88. The van der Waals surface area contributed by atoms with Gasteiger partial charge in [0.05, 0.1) is 13.2 Å². The van der Waals surface area contributed by atoms with Gasteiger partial charge < -0.3 is 14.5 Å². The predicted octanol–water partition coefficient (Wildman–Crippen LogP) is 4.24. The molecule has 0 saturated carbocycles. The number of hydrogen-bond donors (Lipinski definition) is 1. The first-order valence-electron chi connectivity index (χ1n) is 7.52. The molecule has 0 saturated heterocycles. The van der Waals surface area contributed by atoms with Gasteiger partial charge in [0.25, 0.3) is 5.91 Å². The standard InChI is InChI=1S/C19H19NO3/c1-12-7-9-14(10-8-12)13(2)20-19(21)17-11-15-5-4-6-16(22-3)18(15)23-17/h4-11,13H,1-3H3,(H,20,21). The lowest BCUT2D eigenvalue weighted by Crippen LogP contribution is -2.26. The first-order chi connectivity index (χ1) is 11.1. The Morgan fingerprint density at radius 3 is 2.61 bits per heavy atom. The van der Waals surface area contributed by atoms with E-state index in [1.165, 1.54) is 5.56 Å². The summed E-state index contributed by atoms with van der Waals surface area (Å²) in [5.74, 6) is 0.660. The van der Waals surface area contributed by atoms with Crippen molar-refractivity contribution in [1.29, 1.82) is 0 Å². The van der Waals surface area contributed by atoms with E-state index in [2.05, 4.69) is 5.32 Å². The zero-order valence-electron chi connectivity index (χ0n) is 13.4. The van der Waals surface area contributed by atoms with Crippen LogP contribution in [0.25, 0.3) is 11.0 Å². The van der Waals surface area contributed by atoms with E-state index >= 15 is 0 Å². The Labute approximate surface area is 135 Å². The number of rotatable bonds is 4. The summed E-state index contributed by atoms with van der Waals surface area (Å²) in [5, 5.41) is 3.80. The number of benzene rings is 2. The largest absolute Gasteiger partial charge is 0.493 e. The molecular formula is C19H19NO3. The minimum Gasteiger partial charge on any atom is -0.493 e. The molecule has 0 aliphatic heterocycles. The molecule has 0 radical (unpaired) electrons. The van der Waals surface area contributed by atoms with Crippen LogP contribution in [0.3, 0.4) is 0 Å². The molecule has 1 N–H and O–H groups in total. The SMILES string of the molecule is COc1cccc2cc(C(=O)NC(C)c3ccc(C)cc3)oc12. The van der Waals surface area contributed by atoms with Gasteiger partial charge in [-0.1, -0.05) is 42.0 Å². The number of ether oxygens (including phenoxy) is 1. The Morgan fingerprint density at radius 2 is 1.91 bits per heavy atom. The molecule has 1 aromatic heterocycles. The van der Waals surface area contributed by atoms with E-state index in [0.29, 0.717) is 11.3 Å². The molecule has 0 fully saturated rings. The van der Waals surface area contributed by atoms with Crippen molar-refractivity contribution in [2.45, 2.75) is 19.9 Å². The second-order valence-electron chi connectivity index (χ2n) is 5.60. The summed E-state index contributed by atoms with van der Waals surface area (Å²) in [6, 6.07) is 15.3. The van der Waals surface area contributed by atoms with E-state index in [0.717, 1.165) is 10.9 Å². The Morgan fingerprint density at radius 1 is 1.17 bits per heavy atom. The molecule has 4 heteroatoms. The molecule has 1 amide bonds. The van der Waals surface area contributed by atoms with Crippen molar-refractivity contribution in [3.8, 4) is 5.75 Å². The number of carbonyl (C=O) groups is 1. The third-order valence-electron chi connectivity index (χ3n) is 3.88. The molecule has 3 aromatic rings. The second kappa shape index (κ2) is 6.16. The molecule has 0 spiro atoms. The van der Waals surface area contributed by atoms with Gasteiger partial charge in [-0.05, 0) is 31.5 Å². The lowest BCUT2D eigenvalue weighted by Gasteiger charge is -2.13. The number of aryl methyl sites for hydroxylation is 1. The van der Waals surface area contributed by atoms with E-state index in [1.54, 1.807) is 13.2 Å². The number of carbonyl (C=O) groups excluding carboxylic acids is 1. The summed E-state index contributed by atoms with van der Waals surface area (Å²) in [6.45, 7) is 3.99. The van der Waals surface area contributed by atoms with Crippen molar-refractivity contribution in [2.24, 2.45) is 0 Å². The molecule has 2 aromatic carbocycles. The van der Waals surface area contributed by atoms with Crippen LogP contribution in [0.2, 0.25) is 0 Å². The van der Waals surface area contributed by atoms with Gasteiger partial charge in [-0.15, -0.1) is 0 Å². The van der Waals surface area contributed by atoms with Crippen LogP contribution in [0.15, 0.2) is 52.9 Å². The molecule has 0 aliphatic carbocycles. The van der Waals surface area contributed by atoms with Gasteiger partial charge in [-0.25, -0.2) is 0 Å². The number of hydrogen-bond acceptors (Lipinski definition) is 3. The zero-order valence-corrected chi connectivity index (χ0v) is 13.4. The molecular weight excluding hydrogens is 290 g/mol. The number of methoxy groups -OCH3 is 1. The Bertz CT molecular complexity index is 833. The van der Waals surface area contributed by atoms with Crippen LogP contribution in [0.1, 0.15) is 34.6 Å². The summed E-state index contributed by atoms with van der Waals surface area (Å²) in [6.07, 6.45) is 0. The Hall–Kier alpha value is -2.75.